The molecule has 214 valence electrons. The lowest BCUT2D eigenvalue weighted by Gasteiger charge is -2.27. The predicted molar refractivity (Wildman–Crippen MR) is 160 cm³/mol. The maximum atomic E-state index is 11.2. The van der Waals surface area contributed by atoms with Gasteiger partial charge in [-0.2, -0.15) is 0 Å². The van der Waals surface area contributed by atoms with Crippen molar-refractivity contribution in [3.63, 3.8) is 0 Å². The molecule has 0 bridgehead atoms. The molecule has 0 aromatic heterocycles. The van der Waals surface area contributed by atoms with Gasteiger partial charge in [0.25, 0.3) is 0 Å². The molecule has 0 fully saturated rings. The molecular weight excluding hydrogens is 442 g/mol. The zero-order valence-electron chi connectivity index (χ0n) is 24.9. The molecule has 1 atom stereocenters. The highest BCUT2D eigenvalue weighted by Crippen LogP contribution is 2.18. The number of carboxylic acids is 1. The smallest absolute Gasteiger partial charge is 0.317 e. The Bertz CT molecular complexity index is 476. The van der Waals surface area contributed by atoms with Crippen LogP contribution in [0.5, 0.6) is 0 Å². The van der Waals surface area contributed by atoms with Crippen LogP contribution in [-0.4, -0.2) is 35.6 Å². The van der Waals surface area contributed by atoms with E-state index in [2.05, 4.69) is 30.9 Å². The summed E-state index contributed by atoms with van der Waals surface area (Å²) in [6.45, 7) is 4.73. The lowest BCUT2D eigenvalue weighted by molar-refractivity contribution is -0.138. The van der Waals surface area contributed by atoms with Gasteiger partial charge in [0.15, 0.2) is 0 Å². The average Bonchev–Trinajstić information content (AvgIpc) is 2.85. The van der Waals surface area contributed by atoms with Crippen molar-refractivity contribution in [1.82, 2.24) is 4.90 Å². The molecule has 36 heavy (non-hydrogen) atoms. The van der Waals surface area contributed by atoms with Crippen LogP contribution < -0.4 is 0 Å². The second kappa shape index (κ2) is 28.7. The fourth-order valence-electron chi connectivity index (χ4n) is 5.25. The Kier molecular flexibility index (Phi) is 28.1. The number of aliphatic carboxylic acids is 1. The molecule has 0 heterocycles. The van der Waals surface area contributed by atoms with E-state index in [1.807, 2.05) is 7.05 Å². The number of likely N-dealkylation sites (N-methyl/N-ethyl adjacent to an activating group) is 1. The van der Waals surface area contributed by atoms with Crippen molar-refractivity contribution in [1.29, 1.82) is 0 Å². The SMILES string of the molecule is CCCCCCCC/C=C\CCCCCCCC(CCCCCCCCCCCC)N(C)CC(=O)O. The molecule has 0 saturated heterocycles. The molecule has 0 aliphatic rings. The van der Waals surface area contributed by atoms with Gasteiger partial charge in [0.05, 0.1) is 6.54 Å². The third kappa shape index (κ3) is 26.2. The molecule has 0 amide bonds. The van der Waals surface area contributed by atoms with E-state index in [0.717, 1.165) is 12.8 Å². The number of hydrogen-bond donors (Lipinski definition) is 1. The molecule has 0 aromatic rings. The minimum atomic E-state index is -0.699. The Labute approximate surface area is 226 Å². The van der Waals surface area contributed by atoms with Gasteiger partial charge in [-0.15, -0.1) is 0 Å². The number of carboxylic acid groups (broad SMARTS) is 1. The maximum Gasteiger partial charge on any atom is 0.317 e. The van der Waals surface area contributed by atoms with Crippen LogP contribution in [0.15, 0.2) is 12.2 Å². The first-order chi connectivity index (χ1) is 17.6. The Balaban J connectivity index is 3.79. The second-order valence-corrected chi connectivity index (χ2v) is 11.3. The highest BCUT2D eigenvalue weighted by atomic mass is 16.4. The molecule has 0 rings (SSSR count). The van der Waals surface area contributed by atoms with Gasteiger partial charge in [-0.3, -0.25) is 9.69 Å². The Morgan fingerprint density at radius 1 is 0.583 bits per heavy atom. The van der Waals surface area contributed by atoms with Gasteiger partial charge in [0.1, 0.15) is 0 Å². The monoisotopic (exact) mass is 508 g/mol. The van der Waals surface area contributed by atoms with Gasteiger partial charge in [0.2, 0.25) is 0 Å². The molecular formula is C33H65NO2. The van der Waals surface area contributed by atoms with Gasteiger partial charge < -0.3 is 5.11 Å². The van der Waals surface area contributed by atoms with Crippen LogP contribution in [0.3, 0.4) is 0 Å². The number of rotatable bonds is 29. The Morgan fingerprint density at radius 3 is 1.28 bits per heavy atom. The van der Waals surface area contributed by atoms with E-state index >= 15 is 0 Å². The first-order valence-corrected chi connectivity index (χ1v) is 16.2. The number of allylic oxidation sites excluding steroid dienone is 2. The summed E-state index contributed by atoms with van der Waals surface area (Å²) in [6, 6.07) is 0.431. The zero-order chi connectivity index (χ0) is 26.5. The molecule has 0 spiro atoms. The van der Waals surface area contributed by atoms with Crippen LogP contribution >= 0.6 is 0 Å². The van der Waals surface area contributed by atoms with Crippen molar-refractivity contribution in [3.05, 3.63) is 12.2 Å². The number of unbranched alkanes of at least 4 members (excludes halogenated alkanes) is 20. The summed E-state index contributed by atoms with van der Waals surface area (Å²) < 4.78 is 0. The summed E-state index contributed by atoms with van der Waals surface area (Å²) in [5.74, 6) is -0.699. The van der Waals surface area contributed by atoms with Crippen LogP contribution in [0.25, 0.3) is 0 Å². The van der Waals surface area contributed by atoms with Gasteiger partial charge in [-0.05, 0) is 45.6 Å². The highest BCUT2D eigenvalue weighted by Gasteiger charge is 2.16. The summed E-state index contributed by atoms with van der Waals surface area (Å²) >= 11 is 0. The lowest BCUT2D eigenvalue weighted by Crippen LogP contribution is -2.35. The van der Waals surface area contributed by atoms with Crippen molar-refractivity contribution < 1.29 is 9.90 Å². The molecule has 3 nitrogen and oxygen atoms in total. The second-order valence-electron chi connectivity index (χ2n) is 11.3. The Hall–Kier alpha value is -0.830. The van der Waals surface area contributed by atoms with E-state index in [0.29, 0.717) is 6.04 Å². The summed E-state index contributed by atoms with van der Waals surface area (Å²) in [5, 5.41) is 9.24. The fourth-order valence-corrected chi connectivity index (χ4v) is 5.25. The molecule has 0 aliphatic heterocycles. The van der Waals surface area contributed by atoms with Crippen LogP contribution in [0.1, 0.15) is 174 Å². The standard InChI is InChI=1S/C33H65NO2/c1-4-6-8-10-12-14-16-17-18-19-20-22-24-26-28-30-32(34(3)31-33(35)36)29-27-25-23-21-15-13-11-9-7-5-2/h17-18,32H,4-16,19-31H2,1-3H3,(H,35,36)/b18-17-. The highest BCUT2D eigenvalue weighted by molar-refractivity contribution is 5.69. The first-order valence-electron chi connectivity index (χ1n) is 16.2. The quantitative estimate of drug-likeness (QED) is 0.0808. The molecule has 0 radical (unpaired) electrons. The van der Waals surface area contributed by atoms with Crippen molar-refractivity contribution in [3.8, 4) is 0 Å². The van der Waals surface area contributed by atoms with Crippen molar-refractivity contribution >= 4 is 5.97 Å². The van der Waals surface area contributed by atoms with Crippen molar-refractivity contribution in [2.45, 2.75) is 180 Å². The summed E-state index contributed by atoms with van der Waals surface area (Å²) in [7, 11) is 2.01. The van der Waals surface area contributed by atoms with Crippen LogP contribution in [0.4, 0.5) is 0 Å². The summed E-state index contributed by atoms with van der Waals surface area (Å²) in [4.78, 5) is 13.3. The van der Waals surface area contributed by atoms with Crippen molar-refractivity contribution in [2.24, 2.45) is 0 Å². The molecule has 0 saturated carbocycles. The molecule has 1 N–H and O–H groups in total. The molecule has 0 aliphatic carbocycles. The lowest BCUT2D eigenvalue weighted by atomic mass is 9.98. The van der Waals surface area contributed by atoms with E-state index in [9.17, 15) is 9.90 Å². The summed E-state index contributed by atoms with van der Waals surface area (Å²) in [6.07, 6.45) is 38.0. The van der Waals surface area contributed by atoms with Gasteiger partial charge in [-0.1, -0.05) is 148 Å². The zero-order valence-corrected chi connectivity index (χ0v) is 24.9. The third-order valence-corrected chi connectivity index (χ3v) is 7.70. The molecule has 3 heteroatoms. The Morgan fingerprint density at radius 2 is 0.917 bits per heavy atom. The van der Waals surface area contributed by atoms with Gasteiger partial charge in [0, 0.05) is 6.04 Å². The average molecular weight is 508 g/mol. The van der Waals surface area contributed by atoms with Crippen molar-refractivity contribution in [2.75, 3.05) is 13.6 Å². The summed E-state index contributed by atoms with van der Waals surface area (Å²) in [5.41, 5.74) is 0. The normalized spacial score (nSPS) is 12.7. The van der Waals surface area contributed by atoms with Gasteiger partial charge >= 0.3 is 5.97 Å². The van der Waals surface area contributed by atoms with E-state index in [1.54, 1.807) is 0 Å². The number of hydrogen-bond acceptors (Lipinski definition) is 2. The molecule has 1 unspecified atom stereocenters. The predicted octanol–water partition coefficient (Wildman–Crippen LogP) is 10.7. The van der Waals surface area contributed by atoms with E-state index in [-0.39, 0.29) is 6.54 Å². The van der Waals surface area contributed by atoms with E-state index in [1.165, 1.54) is 148 Å². The third-order valence-electron chi connectivity index (χ3n) is 7.70. The van der Waals surface area contributed by atoms with Crippen LogP contribution in [0.2, 0.25) is 0 Å². The first kappa shape index (κ1) is 35.2. The van der Waals surface area contributed by atoms with E-state index in [4.69, 9.17) is 0 Å². The largest absolute Gasteiger partial charge is 0.480 e. The number of nitrogens with zero attached hydrogens (tertiary/aromatic N) is 1. The minimum Gasteiger partial charge on any atom is -0.480 e. The van der Waals surface area contributed by atoms with E-state index < -0.39 is 5.97 Å². The topological polar surface area (TPSA) is 40.5 Å². The minimum absolute atomic E-state index is 0.174. The van der Waals surface area contributed by atoms with Gasteiger partial charge in [-0.25, -0.2) is 0 Å². The maximum absolute atomic E-state index is 11.2. The fraction of sp³-hybridized carbons (Fsp3) is 0.909. The van der Waals surface area contributed by atoms with Crippen LogP contribution in [-0.2, 0) is 4.79 Å². The number of carbonyl (C=O) groups is 1. The molecule has 0 aromatic carbocycles. The van der Waals surface area contributed by atoms with Crippen LogP contribution in [0, 0.1) is 0 Å².